The van der Waals surface area contributed by atoms with Crippen LogP contribution in [-0.2, 0) is 10.0 Å². The number of rotatable bonds is 9. The Morgan fingerprint density at radius 1 is 1.05 bits per heavy atom. The van der Waals surface area contributed by atoms with Crippen molar-refractivity contribution in [1.29, 1.82) is 0 Å². The fourth-order valence-electron chi connectivity index (χ4n) is 5.02. The molecular weight excluding hydrogens is 522 g/mol. The van der Waals surface area contributed by atoms with Gasteiger partial charge in [-0.15, -0.1) is 5.10 Å². The molecule has 0 amide bonds. The number of methoxy groups -OCH3 is 2. The van der Waals surface area contributed by atoms with Gasteiger partial charge in [-0.1, -0.05) is 12.8 Å². The van der Waals surface area contributed by atoms with Gasteiger partial charge in [0.15, 0.2) is 22.8 Å². The largest absolute Gasteiger partial charge is 0.493 e. The zero-order chi connectivity index (χ0) is 27.7. The van der Waals surface area contributed by atoms with Gasteiger partial charge in [0.2, 0.25) is 0 Å². The van der Waals surface area contributed by atoms with Gasteiger partial charge in [-0.3, -0.25) is 9.52 Å². The molecule has 1 fully saturated rings. The van der Waals surface area contributed by atoms with Crippen molar-refractivity contribution in [3.8, 4) is 28.6 Å². The van der Waals surface area contributed by atoms with E-state index < -0.39 is 10.0 Å². The minimum atomic E-state index is -3.99. The van der Waals surface area contributed by atoms with Crippen LogP contribution in [0.4, 0.5) is 5.69 Å². The summed E-state index contributed by atoms with van der Waals surface area (Å²) in [5.41, 5.74) is 1.41. The van der Waals surface area contributed by atoms with Crippen LogP contribution in [0.15, 0.2) is 46.1 Å². The van der Waals surface area contributed by atoms with Crippen molar-refractivity contribution < 1.29 is 22.6 Å². The normalized spacial score (nSPS) is 14.1. The Morgan fingerprint density at radius 2 is 1.77 bits per heavy atom. The van der Waals surface area contributed by atoms with E-state index >= 15 is 0 Å². The van der Waals surface area contributed by atoms with Crippen molar-refractivity contribution in [2.24, 2.45) is 0 Å². The van der Waals surface area contributed by atoms with E-state index in [-0.39, 0.29) is 33.6 Å². The van der Waals surface area contributed by atoms with Crippen LogP contribution in [0.1, 0.15) is 50.0 Å². The van der Waals surface area contributed by atoms with Crippen LogP contribution < -0.4 is 24.5 Å². The summed E-state index contributed by atoms with van der Waals surface area (Å²) in [6.07, 6.45) is 4.23. The van der Waals surface area contributed by atoms with E-state index in [0.29, 0.717) is 34.9 Å². The third-order valence-electron chi connectivity index (χ3n) is 6.87. The lowest BCUT2D eigenvalue weighted by Crippen LogP contribution is -2.17. The zero-order valence-corrected chi connectivity index (χ0v) is 23.1. The summed E-state index contributed by atoms with van der Waals surface area (Å²) in [5, 5.41) is 4.76. The molecule has 5 rings (SSSR count). The van der Waals surface area contributed by atoms with Gasteiger partial charge in [-0.2, -0.15) is 0 Å². The molecule has 2 aromatic heterocycles. The number of sulfonamides is 1. The maximum Gasteiger partial charge on any atom is 0.277 e. The van der Waals surface area contributed by atoms with Crippen LogP contribution in [0.5, 0.6) is 17.2 Å². The van der Waals surface area contributed by atoms with Gasteiger partial charge >= 0.3 is 0 Å². The molecule has 0 bridgehead atoms. The summed E-state index contributed by atoms with van der Waals surface area (Å²) >= 11 is 0. The van der Waals surface area contributed by atoms with E-state index in [2.05, 4.69) is 9.71 Å². The topological polar surface area (TPSA) is 137 Å². The highest BCUT2D eigenvalue weighted by Crippen LogP contribution is 2.36. The second-order valence-electron chi connectivity index (χ2n) is 9.37. The van der Waals surface area contributed by atoms with Crippen LogP contribution >= 0.6 is 0 Å². The summed E-state index contributed by atoms with van der Waals surface area (Å²) in [4.78, 5) is 20.7. The molecular formula is C27H31N5O6S. The van der Waals surface area contributed by atoms with E-state index in [1.165, 1.54) is 32.4 Å². The molecule has 2 N–H and O–H groups in total. The average molecular weight is 554 g/mol. The van der Waals surface area contributed by atoms with Crippen LogP contribution in [0.2, 0.25) is 0 Å². The molecule has 0 atom stereocenters. The maximum atomic E-state index is 13.2. The van der Waals surface area contributed by atoms with E-state index in [4.69, 9.17) is 24.3 Å². The third kappa shape index (κ3) is 5.03. The zero-order valence-electron chi connectivity index (χ0n) is 22.3. The number of aryl methyl sites for hydroxylation is 1. The standard InChI is InChI=1S/C27H31N5O6S/c1-5-38-21-12-10-18(31-39(34,35)19-11-13-22(36-3)23(15-19)37-4)14-20(21)25-29-27(33)24-16(2)28-26(32(24)30-25)17-8-6-7-9-17/h10-15,17,31H,5-9H2,1-4H3,(H,29,30,33). The smallest absolute Gasteiger partial charge is 0.277 e. The Morgan fingerprint density at radius 3 is 2.46 bits per heavy atom. The maximum absolute atomic E-state index is 13.2. The first-order chi connectivity index (χ1) is 18.7. The number of nitrogens with zero attached hydrogens (tertiary/aromatic N) is 3. The third-order valence-corrected chi connectivity index (χ3v) is 8.25. The van der Waals surface area contributed by atoms with Crippen LogP contribution in [0, 0.1) is 6.92 Å². The number of nitrogens with one attached hydrogen (secondary N) is 2. The number of imidazole rings is 1. The molecule has 0 saturated heterocycles. The van der Waals surface area contributed by atoms with Crippen molar-refractivity contribution in [3.05, 3.63) is 58.3 Å². The molecule has 1 aliphatic rings. The molecule has 0 unspecified atom stereocenters. The molecule has 206 valence electrons. The molecule has 0 radical (unpaired) electrons. The fourth-order valence-corrected chi connectivity index (χ4v) is 6.09. The number of anilines is 1. The van der Waals surface area contributed by atoms with E-state index in [1.807, 2.05) is 6.92 Å². The van der Waals surface area contributed by atoms with Gasteiger partial charge in [0.25, 0.3) is 15.6 Å². The molecule has 0 spiro atoms. The predicted molar refractivity (Wildman–Crippen MR) is 147 cm³/mol. The minimum absolute atomic E-state index is 0.00127. The van der Waals surface area contributed by atoms with Gasteiger partial charge in [-0.25, -0.2) is 17.9 Å². The van der Waals surface area contributed by atoms with Crippen molar-refractivity contribution in [2.45, 2.75) is 50.3 Å². The average Bonchev–Trinajstić information content (AvgIpc) is 3.57. The van der Waals surface area contributed by atoms with Crippen molar-refractivity contribution >= 4 is 21.2 Å². The molecule has 0 aliphatic heterocycles. The van der Waals surface area contributed by atoms with Crippen LogP contribution in [0.3, 0.4) is 0 Å². The summed E-state index contributed by atoms with van der Waals surface area (Å²) < 4.78 is 47.0. The highest BCUT2D eigenvalue weighted by atomic mass is 32.2. The minimum Gasteiger partial charge on any atom is -0.493 e. The molecule has 2 aromatic carbocycles. The Kier molecular flexibility index (Phi) is 7.21. The Balaban J connectivity index is 1.58. The first-order valence-corrected chi connectivity index (χ1v) is 14.3. The quantitative estimate of drug-likeness (QED) is 0.314. The van der Waals surface area contributed by atoms with Gasteiger partial charge in [-0.05, 0) is 57.0 Å². The number of ether oxygens (including phenoxy) is 3. The van der Waals surface area contributed by atoms with Gasteiger partial charge in [0.05, 0.1) is 37.0 Å². The Hall–Kier alpha value is -4.06. The predicted octanol–water partition coefficient (Wildman–Crippen LogP) is 4.27. The van der Waals surface area contributed by atoms with Gasteiger partial charge in [0, 0.05) is 17.7 Å². The molecule has 1 saturated carbocycles. The van der Waals surface area contributed by atoms with Crippen molar-refractivity contribution in [1.82, 2.24) is 19.6 Å². The number of benzene rings is 2. The number of aromatic amines is 1. The molecule has 11 nitrogen and oxygen atoms in total. The highest BCUT2D eigenvalue weighted by molar-refractivity contribution is 7.92. The highest BCUT2D eigenvalue weighted by Gasteiger charge is 2.26. The number of hydrogen-bond acceptors (Lipinski definition) is 8. The lowest BCUT2D eigenvalue weighted by molar-refractivity contribution is 0.341. The summed E-state index contributed by atoms with van der Waals surface area (Å²) in [5.74, 6) is 2.41. The van der Waals surface area contributed by atoms with Crippen LogP contribution in [0.25, 0.3) is 16.9 Å². The summed E-state index contributed by atoms with van der Waals surface area (Å²) in [6, 6.07) is 9.16. The van der Waals surface area contributed by atoms with Gasteiger partial charge in [0.1, 0.15) is 11.6 Å². The Bertz CT molecular complexity index is 1690. The van der Waals surface area contributed by atoms with Crippen molar-refractivity contribution in [2.75, 3.05) is 25.5 Å². The lowest BCUT2D eigenvalue weighted by Gasteiger charge is -2.15. The lowest BCUT2D eigenvalue weighted by atomic mass is 10.1. The molecule has 4 aromatic rings. The second kappa shape index (κ2) is 10.6. The van der Waals surface area contributed by atoms with E-state index in [1.54, 1.807) is 29.6 Å². The number of H-pyrrole nitrogens is 1. The molecule has 1 aliphatic carbocycles. The van der Waals surface area contributed by atoms with E-state index in [0.717, 1.165) is 31.5 Å². The first kappa shape index (κ1) is 26.5. The number of aromatic nitrogens is 4. The van der Waals surface area contributed by atoms with Gasteiger partial charge < -0.3 is 19.2 Å². The molecule has 2 heterocycles. The molecule has 12 heteroatoms. The number of hydrogen-bond donors (Lipinski definition) is 2. The second-order valence-corrected chi connectivity index (χ2v) is 11.0. The Labute approximate surface area is 226 Å². The SMILES string of the molecule is CCOc1ccc(NS(=O)(=O)c2ccc(OC)c(OC)c2)cc1-c1nn2c(C3CCCC3)nc(C)c2c(=O)[nH]1. The fraction of sp³-hybridized carbons (Fsp3) is 0.370. The van der Waals surface area contributed by atoms with Crippen LogP contribution in [-0.4, -0.2) is 48.8 Å². The summed E-state index contributed by atoms with van der Waals surface area (Å²) in [6.45, 7) is 4.02. The molecule has 39 heavy (non-hydrogen) atoms. The monoisotopic (exact) mass is 553 g/mol. The van der Waals surface area contributed by atoms with Crippen molar-refractivity contribution in [3.63, 3.8) is 0 Å². The van der Waals surface area contributed by atoms with E-state index in [9.17, 15) is 13.2 Å². The number of fused-ring (bicyclic) bond motifs is 1. The first-order valence-electron chi connectivity index (χ1n) is 12.8. The summed E-state index contributed by atoms with van der Waals surface area (Å²) in [7, 11) is -1.08.